The number of halogens is 1. The van der Waals surface area contributed by atoms with E-state index in [9.17, 15) is 5.11 Å². The van der Waals surface area contributed by atoms with Crippen LogP contribution in [0.5, 0.6) is 5.75 Å². The number of piperidine rings is 1. The Bertz CT molecular complexity index is 438. The number of phenols is 1. The third-order valence-corrected chi connectivity index (χ3v) is 4.82. The first-order valence-electron chi connectivity index (χ1n) is 7.84. The fourth-order valence-corrected chi connectivity index (χ4v) is 3.41. The Morgan fingerprint density at radius 1 is 1.19 bits per heavy atom. The highest BCUT2D eigenvalue weighted by Crippen LogP contribution is 2.23. The predicted molar refractivity (Wildman–Crippen MR) is 92.8 cm³/mol. The Hall–Kier alpha value is -0.340. The molecule has 0 aromatic heterocycles. The van der Waals surface area contributed by atoms with Gasteiger partial charge in [-0.15, -0.1) is 0 Å². The molecule has 1 aromatic rings. The molecule has 1 aliphatic heterocycles. The van der Waals surface area contributed by atoms with Gasteiger partial charge in [-0.1, -0.05) is 33.5 Å². The van der Waals surface area contributed by atoms with E-state index in [-0.39, 0.29) is 5.75 Å². The zero-order valence-electron chi connectivity index (χ0n) is 12.6. The topological polar surface area (TPSA) is 26.7 Å². The normalized spacial score (nSPS) is 16.5. The van der Waals surface area contributed by atoms with Gasteiger partial charge in [-0.25, -0.2) is 0 Å². The number of unbranched alkanes of at least 4 members (excludes halogenated alkanes) is 1. The van der Waals surface area contributed by atoms with Crippen LogP contribution in [-0.4, -0.2) is 40.9 Å². The molecular weight excluding hydrogens is 303 g/mol. The van der Waals surface area contributed by atoms with E-state index in [1.807, 2.05) is 6.07 Å². The van der Waals surface area contributed by atoms with Crippen LogP contribution in [0.3, 0.4) is 0 Å². The number of likely N-dealkylation sites (tertiary alicyclic amines) is 1. The minimum atomic E-state index is 0.223. The molecule has 118 valence electrons. The van der Waals surface area contributed by atoms with Gasteiger partial charge in [-0.3, -0.25) is 4.67 Å². The maximum absolute atomic E-state index is 9.36. The number of aromatic hydroxyl groups is 1. The van der Waals surface area contributed by atoms with E-state index in [4.69, 9.17) is 11.6 Å². The molecule has 1 unspecified atom stereocenters. The minimum Gasteiger partial charge on any atom is -0.508 e. The van der Waals surface area contributed by atoms with Crippen molar-refractivity contribution in [3.05, 3.63) is 28.8 Å². The first-order valence-corrected chi connectivity index (χ1v) is 8.74. The number of phenolic OH excluding ortho intramolecular Hbond substituents is 1. The molecule has 2 rings (SSSR count). The summed E-state index contributed by atoms with van der Waals surface area (Å²) >= 11 is 6.13. The quantitative estimate of drug-likeness (QED) is 0.607. The molecule has 21 heavy (non-hydrogen) atoms. The average molecular weight is 329 g/mol. The van der Waals surface area contributed by atoms with Crippen molar-refractivity contribution in [1.29, 1.82) is 0 Å². The van der Waals surface area contributed by atoms with E-state index in [2.05, 4.69) is 19.0 Å². The second-order valence-corrected chi connectivity index (χ2v) is 6.99. The van der Waals surface area contributed by atoms with E-state index in [1.54, 1.807) is 12.1 Å². The SMILES string of the molecule is Oc1ccc(CN(P)CCCCN2CCCCC2)c(Cl)c1. The molecule has 1 saturated heterocycles. The molecule has 1 atom stereocenters. The Morgan fingerprint density at radius 3 is 2.67 bits per heavy atom. The lowest BCUT2D eigenvalue weighted by Gasteiger charge is -2.26. The summed E-state index contributed by atoms with van der Waals surface area (Å²) in [5, 5.41) is 10.00. The lowest BCUT2D eigenvalue weighted by molar-refractivity contribution is 0.223. The van der Waals surface area contributed by atoms with Crippen molar-refractivity contribution in [3.63, 3.8) is 0 Å². The fraction of sp³-hybridized carbons (Fsp3) is 0.625. The number of hydrogen-bond donors (Lipinski definition) is 1. The highest BCUT2D eigenvalue weighted by molar-refractivity contribution is 7.13. The lowest BCUT2D eigenvalue weighted by atomic mass is 10.1. The van der Waals surface area contributed by atoms with Gasteiger partial charge in [-0.05, 0) is 63.0 Å². The Labute approximate surface area is 135 Å². The molecule has 1 fully saturated rings. The second kappa shape index (κ2) is 8.95. The Morgan fingerprint density at radius 2 is 1.95 bits per heavy atom. The van der Waals surface area contributed by atoms with Gasteiger partial charge in [0.15, 0.2) is 0 Å². The monoisotopic (exact) mass is 328 g/mol. The van der Waals surface area contributed by atoms with Gasteiger partial charge in [0.2, 0.25) is 0 Å². The second-order valence-electron chi connectivity index (χ2n) is 5.86. The summed E-state index contributed by atoms with van der Waals surface area (Å²) in [5.74, 6) is 0.223. The maximum Gasteiger partial charge on any atom is 0.117 e. The molecule has 1 heterocycles. The van der Waals surface area contributed by atoms with E-state index in [0.717, 1.165) is 18.7 Å². The highest BCUT2D eigenvalue weighted by atomic mass is 35.5. The first kappa shape index (κ1) is 17.0. The van der Waals surface area contributed by atoms with Crippen LogP contribution < -0.4 is 0 Å². The molecule has 5 heteroatoms. The summed E-state index contributed by atoms with van der Waals surface area (Å²) < 4.78 is 2.22. The van der Waals surface area contributed by atoms with Crippen LogP contribution in [0.2, 0.25) is 5.02 Å². The average Bonchev–Trinajstić information content (AvgIpc) is 2.48. The fourth-order valence-electron chi connectivity index (χ4n) is 2.80. The summed E-state index contributed by atoms with van der Waals surface area (Å²) in [6.07, 6.45) is 6.61. The van der Waals surface area contributed by atoms with Crippen molar-refractivity contribution in [3.8, 4) is 5.75 Å². The summed E-state index contributed by atoms with van der Waals surface area (Å²) in [5.41, 5.74) is 1.06. The van der Waals surface area contributed by atoms with Gasteiger partial charge in [0, 0.05) is 18.1 Å². The molecule has 0 amide bonds. The molecule has 0 aliphatic carbocycles. The number of rotatable bonds is 7. The van der Waals surface area contributed by atoms with Crippen molar-refractivity contribution in [2.45, 2.75) is 38.6 Å². The zero-order valence-corrected chi connectivity index (χ0v) is 14.5. The van der Waals surface area contributed by atoms with E-state index in [1.165, 1.54) is 51.7 Å². The van der Waals surface area contributed by atoms with Gasteiger partial charge < -0.3 is 10.0 Å². The molecular formula is C16H26ClN2OP. The number of hydrogen-bond acceptors (Lipinski definition) is 3. The maximum atomic E-state index is 9.36. The van der Waals surface area contributed by atoms with Crippen LogP contribution in [0.15, 0.2) is 18.2 Å². The van der Waals surface area contributed by atoms with Gasteiger partial charge in [0.05, 0.1) is 0 Å². The van der Waals surface area contributed by atoms with E-state index in [0.29, 0.717) is 5.02 Å². The predicted octanol–water partition coefficient (Wildman–Crippen LogP) is 3.90. The van der Waals surface area contributed by atoms with Crippen molar-refractivity contribution in [2.75, 3.05) is 26.2 Å². The molecule has 1 N–H and O–H groups in total. The summed E-state index contributed by atoms with van der Waals surface area (Å²) in [4.78, 5) is 2.59. The smallest absolute Gasteiger partial charge is 0.117 e. The summed E-state index contributed by atoms with van der Waals surface area (Å²) in [7, 11) is 2.78. The molecule has 3 nitrogen and oxygen atoms in total. The van der Waals surface area contributed by atoms with Crippen LogP contribution in [-0.2, 0) is 6.54 Å². The van der Waals surface area contributed by atoms with Crippen LogP contribution in [0.4, 0.5) is 0 Å². The Balaban J connectivity index is 1.63. The van der Waals surface area contributed by atoms with E-state index >= 15 is 0 Å². The number of benzene rings is 1. The van der Waals surface area contributed by atoms with E-state index < -0.39 is 0 Å². The van der Waals surface area contributed by atoms with Crippen LogP contribution in [0, 0.1) is 0 Å². The van der Waals surface area contributed by atoms with Crippen LogP contribution >= 0.6 is 21.0 Å². The van der Waals surface area contributed by atoms with Crippen molar-refractivity contribution >= 4 is 21.0 Å². The van der Waals surface area contributed by atoms with Crippen LogP contribution in [0.1, 0.15) is 37.7 Å². The van der Waals surface area contributed by atoms with Crippen molar-refractivity contribution in [1.82, 2.24) is 9.57 Å². The molecule has 1 aliphatic rings. The zero-order chi connectivity index (χ0) is 15.1. The standard InChI is InChI=1S/C16H26ClN2OP/c17-16-12-15(20)7-6-14(16)13-19(21)11-5-4-10-18-8-2-1-3-9-18/h6-7,12,20H,1-5,8-11,13,21H2. The lowest BCUT2D eigenvalue weighted by Crippen LogP contribution is -2.30. The molecule has 1 aromatic carbocycles. The third kappa shape index (κ3) is 6.12. The molecule has 0 spiro atoms. The van der Waals surface area contributed by atoms with Crippen LogP contribution in [0.25, 0.3) is 0 Å². The largest absolute Gasteiger partial charge is 0.508 e. The van der Waals surface area contributed by atoms with Gasteiger partial charge in [-0.2, -0.15) is 0 Å². The summed E-state index contributed by atoms with van der Waals surface area (Å²) in [6, 6.07) is 5.18. The molecule has 0 radical (unpaired) electrons. The van der Waals surface area contributed by atoms with Gasteiger partial charge >= 0.3 is 0 Å². The van der Waals surface area contributed by atoms with Gasteiger partial charge in [0.1, 0.15) is 5.75 Å². The molecule has 0 bridgehead atoms. The highest BCUT2D eigenvalue weighted by Gasteiger charge is 2.10. The van der Waals surface area contributed by atoms with Crippen molar-refractivity contribution < 1.29 is 5.11 Å². The third-order valence-electron chi connectivity index (χ3n) is 4.03. The Kier molecular flexibility index (Phi) is 7.25. The van der Waals surface area contributed by atoms with Gasteiger partial charge in [0.25, 0.3) is 0 Å². The first-order chi connectivity index (χ1) is 10.1. The minimum absolute atomic E-state index is 0.223. The summed E-state index contributed by atoms with van der Waals surface area (Å²) in [6.45, 7) is 5.66. The number of nitrogens with zero attached hydrogens (tertiary/aromatic N) is 2. The van der Waals surface area contributed by atoms with Crippen molar-refractivity contribution in [2.24, 2.45) is 0 Å². The molecule has 0 saturated carbocycles.